The van der Waals surface area contributed by atoms with E-state index in [9.17, 15) is 0 Å². The minimum atomic E-state index is 0.158. The molecule has 4 heteroatoms. The molecule has 1 aliphatic carbocycles. The van der Waals surface area contributed by atoms with Gasteiger partial charge >= 0.3 is 0 Å². The van der Waals surface area contributed by atoms with Gasteiger partial charge < -0.3 is 0 Å². The first-order chi connectivity index (χ1) is 17.2. The molecular formula is C31H19BrN2S. The highest BCUT2D eigenvalue weighted by molar-refractivity contribution is 9.10. The van der Waals surface area contributed by atoms with E-state index >= 15 is 0 Å². The number of benzene rings is 4. The van der Waals surface area contributed by atoms with Crippen molar-refractivity contribution in [3.05, 3.63) is 141 Å². The quantitative estimate of drug-likeness (QED) is 0.240. The molecule has 1 atom stereocenters. The summed E-state index contributed by atoms with van der Waals surface area (Å²) in [7, 11) is 0. The SMILES string of the molecule is Brc1cccc(C2=C3N=c4cc5nc(-c6ccccc6)sc5cc4=C3C(c3ccccc3)C=C2)c1. The maximum atomic E-state index is 5.21. The number of rotatable bonds is 3. The van der Waals surface area contributed by atoms with Crippen molar-refractivity contribution in [3.8, 4) is 10.6 Å². The minimum Gasteiger partial charge on any atom is -0.247 e. The smallest absolute Gasteiger partial charge is 0.124 e. The summed E-state index contributed by atoms with van der Waals surface area (Å²) in [5.41, 5.74) is 8.10. The molecule has 7 rings (SSSR count). The predicted octanol–water partition coefficient (Wildman–Crippen LogP) is 7.27. The lowest BCUT2D eigenvalue weighted by Gasteiger charge is -2.23. The van der Waals surface area contributed by atoms with Gasteiger partial charge in [0.2, 0.25) is 0 Å². The fraction of sp³-hybridized carbons (Fsp3) is 0.0323. The van der Waals surface area contributed by atoms with Crippen LogP contribution in [-0.2, 0) is 0 Å². The van der Waals surface area contributed by atoms with Crippen LogP contribution >= 0.6 is 27.3 Å². The van der Waals surface area contributed by atoms with Gasteiger partial charge in [0.05, 0.1) is 21.3 Å². The van der Waals surface area contributed by atoms with E-state index in [0.717, 1.165) is 42.8 Å². The first-order valence-electron chi connectivity index (χ1n) is 11.6. The Kier molecular flexibility index (Phi) is 4.90. The Labute approximate surface area is 215 Å². The Morgan fingerprint density at radius 3 is 2.34 bits per heavy atom. The zero-order valence-electron chi connectivity index (χ0n) is 18.7. The number of aromatic nitrogens is 1. The molecule has 1 aromatic heterocycles. The van der Waals surface area contributed by atoms with Crippen LogP contribution in [0.25, 0.3) is 31.9 Å². The molecule has 1 unspecified atom stereocenters. The highest BCUT2D eigenvalue weighted by Crippen LogP contribution is 2.42. The van der Waals surface area contributed by atoms with Crippen LogP contribution in [0.3, 0.4) is 0 Å². The van der Waals surface area contributed by atoms with E-state index in [2.05, 4.69) is 119 Å². The zero-order chi connectivity index (χ0) is 23.4. The van der Waals surface area contributed by atoms with Crippen LogP contribution in [0.4, 0.5) is 0 Å². The lowest BCUT2D eigenvalue weighted by atomic mass is 9.81. The molecule has 35 heavy (non-hydrogen) atoms. The Morgan fingerprint density at radius 1 is 0.771 bits per heavy atom. The number of hydrogen-bond acceptors (Lipinski definition) is 3. The summed E-state index contributed by atoms with van der Waals surface area (Å²) in [6.07, 6.45) is 4.56. The molecule has 2 nitrogen and oxygen atoms in total. The summed E-state index contributed by atoms with van der Waals surface area (Å²) in [5.74, 6) is 0.158. The van der Waals surface area contributed by atoms with Crippen molar-refractivity contribution in [1.82, 2.24) is 4.98 Å². The largest absolute Gasteiger partial charge is 0.247 e. The third kappa shape index (κ3) is 3.53. The van der Waals surface area contributed by atoms with Crippen LogP contribution < -0.4 is 10.6 Å². The second-order valence-electron chi connectivity index (χ2n) is 8.77. The highest BCUT2D eigenvalue weighted by Gasteiger charge is 2.28. The van der Waals surface area contributed by atoms with E-state index in [-0.39, 0.29) is 5.92 Å². The van der Waals surface area contributed by atoms with E-state index in [1.54, 1.807) is 11.3 Å². The summed E-state index contributed by atoms with van der Waals surface area (Å²) < 4.78 is 2.26. The maximum Gasteiger partial charge on any atom is 0.124 e. The standard InChI is InChI=1S/C31H19BrN2S/c32-22-13-7-12-21(16-22)24-15-14-23(19-8-3-1-4-9-19)29-25-17-28-27(18-26(25)33-30(24)29)34-31(35-28)20-10-5-2-6-11-20/h1-18,23H. The lowest BCUT2D eigenvalue weighted by molar-refractivity contribution is 1.08. The van der Waals surface area contributed by atoms with Crippen LogP contribution in [0.15, 0.2) is 124 Å². The number of nitrogens with zero attached hydrogens (tertiary/aromatic N) is 2. The predicted molar refractivity (Wildman–Crippen MR) is 149 cm³/mol. The van der Waals surface area contributed by atoms with E-state index in [1.165, 1.54) is 21.1 Å². The van der Waals surface area contributed by atoms with Gasteiger partial charge in [-0.3, -0.25) is 0 Å². The summed E-state index contributed by atoms with van der Waals surface area (Å²) in [6, 6.07) is 34.0. The first kappa shape index (κ1) is 20.7. The van der Waals surface area contributed by atoms with E-state index < -0.39 is 0 Å². The van der Waals surface area contributed by atoms with Crippen LogP contribution in [0, 0.1) is 0 Å². The van der Waals surface area contributed by atoms with E-state index in [4.69, 9.17) is 9.98 Å². The van der Waals surface area contributed by atoms with Crippen LogP contribution in [-0.4, -0.2) is 4.98 Å². The second-order valence-corrected chi connectivity index (χ2v) is 10.7. The molecule has 2 heterocycles. The monoisotopic (exact) mass is 530 g/mol. The van der Waals surface area contributed by atoms with Crippen molar-refractivity contribution in [1.29, 1.82) is 0 Å². The fourth-order valence-corrected chi connectivity index (χ4v) is 6.39. The van der Waals surface area contributed by atoms with Gasteiger partial charge in [-0.15, -0.1) is 11.3 Å². The van der Waals surface area contributed by atoms with Crippen molar-refractivity contribution in [2.24, 2.45) is 4.99 Å². The first-order valence-corrected chi connectivity index (χ1v) is 13.2. The molecule has 4 aromatic carbocycles. The van der Waals surface area contributed by atoms with Crippen LogP contribution in [0.2, 0.25) is 0 Å². The Morgan fingerprint density at radius 2 is 1.54 bits per heavy atom. The molecule has 0 amide bonds. The number of hydrogen-bond donors (Lipinski definition) is 0. The highest BCUT2D eigenvalue weighted by atomic mass is 79.9. The topological polar surface area (TPSA) is 25.2 Å². The van der Waals surface area contributed by atoms with Crippen LogP contribution in [0.5, 0.6) is 0 Å². The maximum absolute atomic E-state index is 5.21. The molecule has 0 saturated carbocycles. The van der Waals surface area contributed by atoms with Crippen molar-refractivity contribution in [2.75, 3.05) is 0 Å². The third-order valence-electron chi connectivity index (χ3n) is 6.62. The molecule has 0 spiro atoms. The zero-order valence-corrected chi connectivity index (χ0v) is 21.1. The average Bonchev–Trinajstić information content (AvgIpc) is 3.49. The van der Waals surface area contributed by atoms with Gasteiger partial charge in [0, 0.05) is 26.7 Å². The van der Waals surface area contributed by atoms with Gasteiger partial charge in [-0.25, -0.2) is 9.98 Å². The van der Waals surface area contributed by atoms with Crippen molar-refractivity contribution >= 4 is 48.6 Å². The average molecular weight is 531 g/mol. The number of thiazole rings is 1. The van der Waals surface area contributed by atoms with Crippen LogP contribution in [0.1, 0.15) is 17.0 Å². The summed E-state index contributed by atoms with van der Waals surface area (Å²) in [5, 5.41) is 3.26. The summed E-state index contributed by atoms with van der Waals surface area (Å²) >= 11 is 5.38. The van der Waals surface area contributed by atoms with Crippen molar-refractivity contribution in [2.45, 2.75) is 5.92 Å². The Bertz CT molecular complexity index is 1800. The molecule has 0 saturated heterocycles. The second kappa shape index (κ2) is 8.26. The normalized spacial score (nSPS) is 16.4. The Hall–Kier alpha value is -3.60. The molecule has 2 aliphatic rings. The van der Waals surface area contributed by atoms with E-state index in [1.807, 2.05) is 6.07 Å². The molecular weight excluding hydrogens is 512 g/mol. The van der Waals surface area contributed by atoms with Gasteiger partial charge in [0.25, 0.3) is 0 Å². The van der Waals surface area contributed by atoms with Gasteiger partial charge in [0.15, 0.2) is 0 Å². The van der Waals surface area contributed by atoms with Gasteiger partial charge in [-0.05, 0) is 41.0 Å². The molecule has 0 bridgehead atoms. The number of fused-ring (bicyclic) bond motifs is 3. The van der Waals surface area contributed by atoms with Gasteiger partial charge in [-0.2, -0.15) is 0 Å². The molecule has 0 radical (unpaired) electrons. The summed E-state index contributed by atoms with van der Waals surface area (Å²) in [4.78, 5) is 10.2. The third-order valence-corrected chi connectivity index (χ3v) is 8.18. The molecule has 0 fully saturated rings. The van der Waals surface area contributed by atoms with Crippen molar-refractivity contribution < 1.29 is 0 Å². The minimum absolute atomic E-state index is 0.158. The van der Waals surface area contributed by atoms with Gasteiger partial charge in [0.1, 0.15) is 5.01 Å². The number of allylic oxidation sites excluding steroid dienone is 4. The van der Waals surface area contributed by atoms with Crippen molar-refractivity contribution in [3.63, 3.8) is 0 Å². The van der Waals surface area contributed by atoms with E-state index in [0.29, 0.717) is 0 Å². The summed E-state index contributed by atoms with van der Waals surface area (Å²) in [6.45, 7) is 0. The Balaban J connectivity index is 1.49. The molecule has 1 aliphatic heterocycles. The molecule has 5 aromatic rings. The molecule has 166 valence electrons. The number of halogens is 1. The van der Waals surface area contributed by atoms with Gasteiger partial charge in [-0.1, -0.05) is 101 Å². The fourth-order valence-electron chi connectivity index (χ4n) is 5.00. The molecule has 0 N–H and O–H groups in total. The lowest BCUT2D eigenvalue weighted by Crippen LogP contribution is -2.24.